The van der Waals surface area contributed by atoms with E-state index in [0.29, 0.717) is 0 Å². The van der Waals surface area contributed by atoms with Crippen LogP contribution in [-0.4, -0.2) is 19.6 Å². The van der Waals surface area contributed by atoms with Crippen molar-refractivity contribution in [1.29, 1.82) is 0 Å². The molecule has 0 aromatic rings. The summed E-state index contributed by atoms with van der Waals surface area (Å²) in [6.45, 7) is 7.27. The smallest absolute Gasteiger partial charge is 0.339 e. The van der Waals surface area contributed by atoms with Crippen molar-refractivity contribution in [1.82, 2.24) is 0 Å². The average molecular weight is 184 g/mol. The minimum Gasteiger partial charge on any atom is -0.339 e. The molecule has 0 aromatic heterocycles. The van der Waals surface area contributed by atoms with Crippen molar-refractivity contribution in [3.63, 3.8) is 0 Å². The summed E-state index contributed by atoms with van der Waals surface area (Å²) in [7, 11) is -0.882. The molecule has 0 bridgehead atoms. The van der Waals surface area contributed by atoms with Crippen LogP contribution >= 0.6 is 23.5 Å². The van der Waals surface area contributed by atoms with Crippen molar-refractivity contribution < 1.29 is 18.9 Å². The van der Waals surface area contributed by atoms with Crippen molar-refractivity contribution in [3.05, 3.63) is 4.21 Å². The summed E-state index contributed by atoms with van der Waals surface area (Å²) in [4.78, 5) is 0. The van der Waals surface area contributed by atoms with Gasteiger partial charge in [0.25, 0.3) is 0 Å². The van der Waals surface area contributed by atoms with Gasteiger partial charge in [0, 0.05) is 0 Å². The predicted molar refractivity (Wildman–Crippen MR) is 51.5 cm³/mol. The molecule has 54 valence electrons. The molecule has 1 heterocycles. The fraction of sp³-hybridized carbons (Fsp3) is 0.833. The Morgan fingerprint density at radius 1 is 1.10 bits per heavy atom. The van der Waals surface area contributed by atoms with E-state index in [9.17, 15) is 0 Å². The zero-order valence-corrected chi connectivity index (χ0v) is 9.86. The van der Waals surface area contributed by atoms with Crippen LogP contribution in [0.4, 0.5) is 0 Å². The van der Waals surface area contributed by atoms with E-state index in [2.05, 4.69) is 43.2 Å². The van der Waals surface area contributed by atoms with Gasteiger partial charge >= 0.3 is 18.9 Å². The molecular weight excluding hydrogens is 171 g/mol. The maximum atomic E-state index is 2.42. The van der Waals surface area contributed by atoms with Crippen molar-refractivity contribution in [3.8, 4) is 0 Å². The molecule has 0 aliphatic carbocycles. The third-order valence-electron chi connectivity index (χ3n) is 1.16. The van der Waals surface area contributed by atoms with E-state index in [4.69, 9.17) is 0 Å². The third kappa shape index (κ3) is 3.27. The van der Waals surface area contributed by atoms with Crippen LogP contribution < -0.4 is 18.9 Å². The van der Waals surface area contributed by atoms with E-state index in [1.807, 2.05) is 0 Å². The largest absolute Gasteiger partial charge is 1.00 e. The summed E-state index contributed by atoms with van der Waals surface area (Å²) in [5, 5.41) is 0. The van der Waals surface area contributed by atoms with Gasteiger partial charge in [-0.3, -0.25) is 0 Å². The SMILES string of the molecule is C[Si](C)(C)[C-]1SCCS1.[Li+]. The van der Waals surface area contributed by atoms with Gasteiger partial charge in [-0.2, -0.15) is 0 Å². The Balaban J connectivity index is 0.000000810. The molecule has 0 atom stereocenters. The molecule has 0 unspecified atom stereocenters. The molecule has 0 saturated carbocycles. The molecule has 0 nitrogen and oxygen atoms in total. The minimum absolute atomic E-state index is 0. The predicted octanol–water partition coefficient (Wildman–Crippen LogP) is -0.163. The van der Waals surface area contributed by atoms with Crippen LogP contribution in [0, 0.1) is 4.21 Å². The third-order valence-corrected chi connectivity index (χ3v) is 9.23. The van der Waals surface area contributed by atoms with E-state index in [0.717, 1.165) is 0 Å². The number of thioether (sulfide) groups is 2. The fourth-order valence-corrected chi connectivity index (χ4v) is 6.69. The Morgan fingerprint density at radius 2 is 1.50 bits per heavy atom. The second-order valence-electron chi connectivity index (χ2n) is 3.23. The average Bonchev–Trinajstić information content (AvgIpc) is 2.08. The summed E-state index contributed by atoms with van der Waals surface area (Å²) in [5.74, 6) is 2.70. The Kier molecular flexibility index (Phi) is 5.20. The maximum absolute atomic E-state index is 2.42. The topological polar surface area (TPSA) is 0 Å². The van der Waals surface area contributed by atoms with Crippen LogP contribution in [0.2, 0.25) is 19.6 Å². The Labute approximate surface area is 85.5 Å². The zero-order chi connectivity index (χ0) is 6.91. The molecule has 0 spiro atoms. The normalized spacial score (nSPS) is 20.7. The van der Waals surface area contributed by atoms with Gasteiger partial charge in [0.2, 0.25) is 0 Å². The Morgan fingerprint density at radius 3 is 1.70 bits per heavy atom. The first-order chi connectivity index (χ1) is 4.11. The fourth-order valence-electron chi connectivity index (χ4n) is 0.743. The van der Waals surface area contributed by atoms with Crippen molar-refractivity contribution >= 4 is 31.6 Å². The van der Waals surface area contributed by atoms with Crippen LogP contribution in [0.5, 0.6) is 0 Å². The van der Waals surface area contributed by atoms with Gasteiger partial charge in [0.15, 0.2) is 0 Å². The maximum Gasteiger partial charge on any atom is 1.00 e. The van der Waals surface area contributed by atoms with Gasteiger partial charge in [-0.05, 0) is 11.5 Å². The molecular formula is C6H13LiS2Si. The molecule has 1 aliphatic heterocycles. The quantitative estimate of drug-likeness (QED) is 0.410. The van der Waals surface area contributed by atoms with Crippen molar-refractivity contribution in [2.45, 2.75) is 19.6 Å². The first-order valence-corrected chi connectivity index (χ1v) is 8.71. The van der Waals surface area contributed by atoms with Gasteiger partial charge in [0.05, 0.1) is 0 Å². The summed E-state index contributed by atoms with van der Waals surface area (Å²) in [6.07, 6.45) is 0. The Bertz CT molecular complexity index is 96.4. The molecule has 1 rings (SSSR count). The monoisotopic (exact) mass is 184 g/mol. The van der Waals surface area contributed by atoms with Crippen LogP contribution in [0.25, 0.3) is 0 Å². The van der Waals surface area contributed by atoms with E-state index < -0.39 is 8.07 Å². The number of rotatable bonds is 1. The first kappa shape index (κ1) is 11.5. The molecule has 10 heavy (non-hydrogen) atoms. The molecule has 0 N–H and O–H groups in total. The van der Waals surface area contributed by atoms with E-state index in [-0.39, 0.29) is 18.9 Å². The summed E-state index contributed by atoms with van der Waals surface area (Å²) in [5.41, 5.74) is 0. The molecule has 1 aliphatic rings. The van der Waals surface area contributed by atoms with E-state index >= 15 is 0 Å². The van der Waals surface area contributed by atoms with Gasteiger partial charge < -0.3 is 23.5 Å². The van der Waals surface area contributed by atoms with Crippen LogP contribution in [0.3, 0.4) is 0 Å². The standard InChI is InChI=1S/C6H13S2Si.Li/c1-9(2,3)6-7-4-5-8-6;/h4-5H2,1-3H3;/q-1;+1. The van der Waals surface area contributed by atoms with Crippen molar-refractivity contribution in [2.75, 3.05) is 11.5 Å². The molecule has 0 amide bonds. The summed E-state index contributed by atoms with van der Waals surface area (Å²) >= 11 is 4.18. The number of hydrogen-bond acceptors (Lipinski definition) is 2. The van der Waals surface area contributed by atoms with E-state index in [1.165, 1.54) is 11.5 Å². The van der Waals surface area contributed by atoms with Gasteiger partial charge in [-0.1, -0.05) is 27.7 Å². The van der Waals surface area contributed by atoms with E-state index in [1.54, 1.807) is 4.21 Å². The number of hydrogen-bond donors (Lipinski definition) is 0. The molecule has 0 radical (unpaired) electrons. The van der Waals surface area contributed by atoms with Gasteiger partial charge in [0.1, 0.15) is 0 Å². The zero-order valence-electron chi connectivity index (χ0n) is 7.23. The summed E-state index contributed by atoms with van der Waals surface area (Å²) < 4.78 is 1.75. The van der Waals surface area contributed by atoms with Crippen LogP contribution in [-0.2, 0) is 0 Å². The summed E-state index contributed by atoms with van der Waals surface area (Å²) in [6, 6.07) is 0. The van der Waals surface area contributed by atoms with Crippen molar-refractivity contribution in [2.24, 2.45) is 0 Å². The Hall–Kier alpha value is 1.51. The van der Waals surface area contributed by atoms with Crippen LogP contribution in [0.1, 0.15) is 0 Å². The molecule has 0 aromatic carbocycles. The molecule has 4 heteroatoms. The van der Waals surface area contributed by atoms with Gasteiger partial charge in [-0.15, -0.1) is 0 Å². The second kappa shape index (κ2) is 4.52. The second-order valence-corrected chi connectivity index (χ2v) is 11.4. The molecule has 1 fully saturated rings. The van der Waals surface area contributed by atoms with Gasteiger partial charge in [-0.25, -0.2) is 4.21 Å². The van der Waals surface area contributed by atoms with Crippen LogP contribution in [0.15, 0.2) is 0 Å². The minimum atomic E-state index is -0.882. The first-order valence-electron chi connectivity index (χ1n) is 3.24. The molecule has 1 saturated heterocycles.